The third-order valence-corrected chi connectivity index (χ3v) is 4.51. The lowest BCUT2D eigenvalue weighted by molar-refractivity contribution is -0.127. The minimum atomic E-state index is -3.18. The molecule has 1 atom stereocenters. The number of halogens is 1. The first kappa shape index (κ1) is 17.6. The molecule has 0 spiro atoms. The Hall–Kier alpha value is -1.80. The maximum atomic E-state index is 12.1. The molecule has 7 nitrogen and oxygen atoms in total. The number of urea groups is 1. The molecule has 2 rings (SSSR count). The molecule has 1 aromatic carbocycles. The summed E-state index contributed by atoms with van der Waals surface area (Å²) in [6.45, 7) is 0.224. The zero-order chi connectivity index (χ0) is 17.0. The van der Waals surface area contributed by atoms with Gasteiger partial charge in [0, 0.05) is 11.3 Å². The van der Waals surface area contributed by atoms with Crippen molar-refractivity contribution in [3.05, 3.63) is 29.3 Å². The van der Waals surface area contributed by atoms with Crippen LogP contribution in [-0.2, 0) is 14.6 Å². The molecule has 0 saturated carbocycles. The van der Waals surface area contributed by atoms with Crippen molar-refractivity contribution in [1.29, 1.82) is 0 Å². The monoisotopic (exact) mass is 360 g/mol. The third kappa shape index (κ3) is 5.11. The summed E-state index contributed by atoms with van der Waals surface area (Å²) in [5.74, 6) is -0.00727. The Morgan fingerprint density at radius 1 is 1.26 bits per heavy atom. The van der Waals surface area contributed by atoms with E-state index in [1.54, 1.807) is 24.3 Å². The topological polar surface area (TPSA) is 92.8 Å². The summed E-state index contributed by atoms with van der Waals surface area (Å²) in [5.41, 5.74) is 0. The first-order chi connectivity index (χ1) is 10.8. The van der Waals surface area contributed by atoms with Gasteiger partial charge in [0.05, 0.1) is 12.3 Å². The number of carbonyl (C=O) groups is 2. The number of hydrogen-bond donors (Lipinski definition) is 1. The molecule has 1 unspecified atom stereocenters. The molecule has 3 amide bonds. The summed E-state index contributed by atoms with van der Waals surface area (Å²) in [7, 11) is -3.18. The molecule has 0 aromatic heterocycles. The molecule has 126 valence electrons. The maximum absolute atomic E-state index is 12.1. The van der Waals surface area contributed by atoms with E-state index in [0.29, 0.717) is 10.8 Å². The second-order valence-corrected chi connectivity index (χ2v) is 7.91. The van der Waals surface area contributed by atoms with Crippen LogP contribution in [0.1, 0.15) is 6.42 Å². The number of hydrogen-bond acceptors (Lipinski definition) is 5. The van der Waals surface area contributed by atoms with Gasteiger partial charge in [0.2, 0.25) is 0 Å². The van der Waals surface area contributed by atoms with Crippen molar-refractivity contribution in [2.45, 2.75) is 12.5 Å². The van der Waals surface area contributed by atoms with Gasteiger partial charge < -0.3 is 10.1 Å². The molecule has 0 radical (unpaired) electrons. The lowest BCUT2D eigenvalue weighted by Gasteiger charge is -2.13. The van der Waals surface area contributed by atoms with Crippen molar-refractivity contribution in [3.8, 4) is 5.75 Å². The number of imide groups is 1. The van der Waals surface area contributed by atoms with Gasteiger partial charge in [0.15, 0.2) is 0 Å². The molecule has 1 N–H and O–H groups in total. The van der Waals surface area contributed by atoms with E-state index in [0.717, 1.165) is 11.2 Å². The molecule has 1 heterocycles. The van der Waals surface area contributed by atoms with Crippen molar-refractivity contribution in [2.75, 3.05) is 25.2 Å². The average molecular weight is 361 g/mol. The number of benzene rings is 1. The van der Waals surface area contributed by atoms with Gasteiger partial charge in [0.1, 0.15) is 28.2 Å². The highest BCUT2D eigenvalue weighted by Gasteiger charge is 2.37. The summed E-state index contributed by atoms with van der Waals surface area (Å²) in [5, 5.41) is 3.07. The van der Waals surface area contributed by atoms with E-state index >= 15 is 0 Å². The largest absolute Gasteiger partial charge is 0.492 e. The van der Waals surface area contributed by atoms with E-state index in [9.17, 15) is 18.0 Å². The average Bonchev–Trinajstić information content (AvgIpc) is 2.74. The van der Waals surface area contributed by atoms with E-state index in [-0.39, 0.29) is 25.3 Å². The second-order valence-electron chi connectivity index (χ2n) is 5.21. The first-order valence-electron chi connectivity index (χ1n) is 6.94. The number of rotatable bonds is 7. The Bertz CT molecular complexity index is 690. The normalized spacial score (nSPS) is 18.2. The summed E-state index contributed by atoms with van der Waals surface area (Å²) in [6.07, 6.45) is 1.16. The van der Waals surface area contributed by atoms with Gasteiger partial charge in [0.25, 0.3) is 5.91 Å². The molecule has 1 saturated heterocycles. The highest BCUT2D eigenvalue weighted by atomic mass is 35.5. The van der Waals surface area contributed by atoms with Crippen LogP contribution >= 0.6 is 11.6 Å². The summed E-state index contributed by atoms with van der Waals surface area (Å²) in [6, 6.07) is 5.38. The Morgan fingerprint density at radius 2 is 1.91 bits per heavy atom. The van der Waals surface area contributed by atoms with Crippen molar-refractivity contribution < 1.29 is 22.7 Å². The van der Waals surface area contributed by atoms with Gasteiger partial charge in [-0.2, -0.15) is 0 Å². The zero-order valence-electron chi connectivity index (χ0n) is 12.5. The van der Waals surface area contributed by atoms with Gasteiger partial charge in [-0.25, -0.2) is 13.2 Å². The Kier molecular flexibility index (Phi) is 5.48. The minimum Gasteiger partial charge on any atom is -0.492 e. The number of carbonyl (C=O) groups excluding carboxylic acids is 2. The van der Waals surface area contributed by atoms with Crippen LogP contribution in [0.5, 0.6) is 5.75 Å². The Labute approximate surface area is 139 Å². The van der Waals surface area contributed by atoms with Gasteiger partial charge in [-0.05, 0) is 30.7 Å². The van der Waals surface area contributed by atoms with Gasteiger partial charge in [-0.15, -0.1) is 0 Å². The molecule has 0 aliphatic carbocycles. The molecular formula is C14H17ClN2O5S. The number of nitrogens with zero attached hydrogens (tertiary/aromatic N) is 1. The summed E-state index contributed by atoms with van der Waals surface area (Å²) < 4.78 is 27.7. The Balaban J connectivity index is 1.84. The highest BCUT2D eigenvalue weighted by molar-refractivity contribution is 7.90. The van der Waals surface area contributed by atoms with Crippen LogP contribution in [-0.4, -0.2) is 56.5 Å². The molecule has 0 bridgehead atoms. The van der Waals surface area contributed by atoms with Crippen LogP contribution < -0.4 is 10.1 Å². The quantitative estimate of drug-likeness (QED) is 0.734. The van der Waals surface area contributed by atoms with E-state index in [2.05, 4.69) is 5.32 Å². The third-order valence-electron chi connectivity index (χ3n) is 3.28. The first-order valence-corrected chi connectivity index (χ1v) is 9.38. The lowest BCUT2D eigenvalue weighted by atomic mass is 10.2. The van der Waals surface area contributed by atoms with Gasteiger partial charge in [-0.3, -0.25) is 9.69 Å². The molecule has 1 fully saturated rings. The van der Waals surface area contributed by atoms with Crippen LogP contribution in [0, 0.1) is 0 Å². The molecule has 1 aliphatic heterocycles. The molecule has 9 heteroatoms. The fourth-order valence-corrected chi connectivity index (χ4v) is 2.89. The number of amides is 3. The molecule has 23 heavy (non-hydrogen) atoms. The summed E-state index contributed by atoms with van der Waals surface area (Å²) >= 11 is 5.76. The van der Waals surface area contributed by atoms with E-state index in [1.165, 1.54) is 0 Å². The predicted molar refractivity (Wildman–Crippen MR) is 85.3 cm³/mol. The fraction of sp³-hybridized carbons (Fsp3) is 0.429. The Morgan fingerprint density at radius 3 is 2.52 bits per heavy atom. The lowest BCUT2D eigenvalue weighted by Crippen LogP contribution is -2.35. The van der Waals surface area contributed by atoms with Crippen LogP contribution in [0.4, 0.5) is 4.79 Å². The highest BCUT2D eigenvalue weighted by Crippen LogP contribution is 2.16. The number of nitrogens with one attached hydrogen (secondary N) is 1. The summed E-state index contributed by atoms with van der Waals surface area (Å²) in [4.78, 5) is 24.9. The van der Waals surface area contributed by atoms with Crippen LogP contribution in [0.15, 0.2) is 24.3 Å². The zero-order valence-corrected chi connectivity index (χ0v) is 14.1. The molecule has 1 aromatic rings. The SMILES string of the molecule is CS(=O)(=O)CCC1NC(=O)N(CCOc2ccc(Cl)cc2)C1=O. The standard InChI is InChI=1S/C14H17ClN2O5S/c1-23(20,21)9-6-12-13(18)17(14(19)16-12)7-8-22-11-4-2-10(15)3-5-11/h2-5,12H,6-9H2,1H3,(H,16,19). The van der Waals surface area contributed by atoms with Crippen molar-refractivity contribution in [3.63, 3.8) is 0 Å². The molecule has 1 aliphatic rings. The van der Waals surface area contributed by atoms with Crippen molar-refractivity contribution in [2.24, 2.45) is 0 Å². The van der Waals surface area contributed by atoms with E-state index in [1.807, 2.05) is 0 Å². The van der Waals surface area contributed by atoms with Crippen molar-refractivity contribution in [1.82, 2.24) is 10.2 Å². The predicted octanol–water partition coefficient (Wildman–Crippen LogP) is 1.07. The number of ether oxygens (including phenoxy) is 1. The molecular weight excluding hydrogens is 344 g/mol. The minimum absolute atomic E-state index is 0.0674. The van der Waals surface area contributed by atoms with Crippen LogP contribution in [0.25, 0.3) is 0 Å². The maximum Gasteiger partial charge on any atom is 0.324 e. The van der Waals surface area contributed by atoms with Crippen molar-refractivity contribution >= 4 is 33.4 Å². The number of sulfone groups is 1. The fourth-order valence-electron chi connectivity index (χ4n) is 2.10. The van der Waals surface area contributed by atoms with Gasteiger partial charge in [-0.1, -0.05) is 11.6 Å². The van der Waals surface area contributed by atoms with E-state index in [4.69, 9.17) is 16.3 Å². The van der Waals surface area contributed by atoms with Crippen LogP contribution in [0.2, 0.25) is 5.02 Å². The van der Waals surface area contributed by atoms with Crippen LogP contribution in [0.3, 0.4) is 0 Å². The second kappa shape index (κ2) is 7.18. The van der Waals surface area contributed by atoms with Gasteiger partial charge >= 0.3 is 6.03 Å². The smallest absolute Gasteiger partial charge is 0.324 e. The van der Waals surface area contributed by atoms with E-state index < -0.39 is 27.8 Å².